The number of rotatable bonds is 4. The van der Waals surface area contributed by atoms with E-state index in [-0.39, 0.29) is 24.1 Å². The van der Waals surface area contributed by atoms with Gasteiger partial charge >= 0.3 is 5.69 Å². The van der Waals surface area contributed by atoms with Gasteiger partial charge in [0.15, 0.2) is 5.52 Å². The lowest BCUT2D eigenvalue weighted by Crippen LogP contribution is -2.42. The molecule has 1 amide bonds. The van der Waals surface area contributed by atoms with Crippen LogP contribution in [0.4, 0.5) is 0 Å². The lowest BCUT2D eigenvalue weighted by Gasteiger charge is -2.12. The van der Waals surface area contributed by atoms with Gasteiger partial charge in [0.25, 0.3) is 5.56 Å². The summed E-state index contributed by atoms with van der Waals surface area (Å²) in [6.07, 6.45) is 3.02. The quantitative estimate of drug-likeness (QED) is 0.697. The molecule has 0 aliphatic carbocycles. The van der Waals surface area contributed by atoms with E-state index in [1.54, 1.807) is 36.5 Å². The van der Waals surface area contributed by atoms with E-state index in [0.717, 1.165) is 9.13 Å². The number of carbonyl (C=O) groups is 1. The summed E-state index contributed by atoms with van der Waals surface area (Å²) in [6, 6.07) is 8.34. The van der Waals surface area contributed by atoms with Crippen LogP contribution in [-0.4, -0.2) is 25.0 Å². The number of primary amides is 1. The molecule has 3 aromatic rings. The zero-order valence-electron chi connectivity index (χ0n) is 12.0. The summed E-state index contributed by atoms with van der Waals surface area (Å²) in [6.45, 7) is -0.340. The molecule has 0 aromatic carbocycles. The van der Waals surface area contributed by atoms with Crippen LogP contribution >= 0.6 is 0 Å². The molecule has 23 heavy (non-hydrogen) atoms. The minimum absolute atomic E-state index is 0.0101. The van der Waals surface area contributed by atoms with Crippen LogP contribution in [0.3, 0.4) is 0 Å². The maximum absolute atomic E-state index is 12.6. The third-order valence-electron chi connectivity index (χ3n) is 3.35. The van der Waals surface area contributed by atoms with Gasteiger partial charge in [-0.2, -0.15) is 0 Å². The molecule has 0 fully saturated rings. The van der Waals surface area contributed by atoms with Gasteiger partial charge in [-0.1, -0.05) is 6.07 Å². The van der Waals surface area contributed by atoms with Gasteiger partial charge in [-0.3, -0.25) is 23.7 Å². The molecular weight excluding hydrogens is 298 g/mol. The minimum Gasteiger partial charge on any atom is -0.368 e. The number of aromatic nitrogens is 4. The Kier molecular flexibility index (Phi) is 3.71. The molecular formula is C15H13N5O3. The van der Waals surface area contributed by atoms with Gasteiger partial charge in [0.05, 0.1) is 17.8 Å². The Morgan fingerprint density at radius 2 is 1.83 bits per heavy atom. The number of amides is 1. The van der Waals surface area contributed by atoms with Gasteiger partial charge in [-0.15, -0.1) is 0 Å². The molecule has 0 aliphatic rings. The molecule has 8 nitrogen and oxygen atoms in total. The number of nitrogens with zero attached hydrogens (tertiary/aromatic N) is 4. The van der Waals surface area contributed by atoms with Crippen LogP contribution in [0, 0.1) is 0 Å². The van der Waals surface area contributed by atoms with Crippen LogP contribution in [-0.2, 0) is 17.9 Å². The van der Waals surface area contributed by atoms with E-state index in [4.69, 9.17) is 5.73 Å². The Labute approximate surface area is 129 Å². The molecule has 0 unspecified atom stereocenters. The number of hydrogen-bond acceptors (Lipinski definition) is 5. The van der Waals surface area contributed by atoms with E-state index in [0.29, 0.717) is 5.69 Å². The zero-order chi connectivity index (χ0) is 16.4. The lowest BCUT2D eigenvalue weighted by atomic mass is 10.3. The molecule has 3 rings (SSSR count). The second-order valence-electron chi connectivity index (χ2n) is 4.92. The van der Waals surface area contributed by atoms with E-state index in [2.05, 4.69) is 9.97 Å². The molecule has 0 radical (unpaired) electrons. The third-order valence-corrected chi connectivity index (χ3v) is 3.35. The van der Waals surface area contributed by atoms with Crippen LogP contribution in [0.1, 0.15) is 5.69 Å². The highest BCUT2D eigenvalue weighted by Gasteiger charge is 2.15. The highest BCUT2D eigenvalue weighted by Crippen LogP contribution is 2.05. The highest BCUT2D eigenvalue weighted by atomic mass is 16.2. The average Bonchev–Trinajstić information content (AvgIpc) is 2.56. The average molecular weight is 311 g/mol. The van der Waals surface area contributed by atoms with Crippen molar-refractivity contribution in [2.45, 2.75) is 13.1 Å². The van der Waals surface area contributed by atoms with E-state index < -0.39 is 17.2 Å². The van der Waals surface area contributed by atoms with Crippen molar-refractivity contribution >= 4 is 16.9 Å². The first-order valence-corrected chi connectivity index (χ1v) is 6.84. The lowest BCUT2D eigenvalue weighted by molar-refractivity contribution is -0.118. The van der Waals surface area contributed by atoms with Crippen molar-refractivity contribution < 1.29 is 4.79 Å². The first-order valence-electron chi connectivity index (χ1n) is 6.84. The van der Waals surface area contributed by atoms with Crippen molar-refractivity contribution in [2.75, 3.05) is 0 Å². The third kappa shape index (κ3) is 2.73. The second kappa shape index (κ2) is 5.84. The van der Waals surface area contributed by atoms with Crippen molar-refractivity contribution in [1.82, 2.24) is 19.1 Å². The molecule has 8 heteroatoms. The van der Waals surface area contributed by atoms with E-state index >= 15 is 0 Å². The first-order chi connectivity index (χ1) is 11.1. The normalized spacial score (nSPS) is 10.8. The van der Waals surface area contributed by atoms with Crippen molar-refractivity contribution in [3.63, 3.8) is 0 Å². The van der Waals surface area contributed by atoms with Crippen molar-refractivity contribution in [1.29, 1.82) is 0 Å². The zero-order valence-corrected chi connectivity index (χ0v) is 12.0. The number of nitrogens with two attached hydrogens (primary N) is 1. The molecule has 0 saturated heterocycles. The second-order valence-corrected chi connectivity index (χ2v) is 4.92. The maximum Gasteiger partial charge on any atom is 0.332 e. The molecule has 3 heterocycles. The number of pyridine rings is 2. The van der Waals surface area contributed by atoms with Gasteiger partial charge < -0.3 is 5.73 Å². The minimum atomic E-state index is -0.680. The Morgan fingerprint density at radius 1 is 1.04 bits per heavy atom. The predicted molar refractivity (Wildman–Crippen MR) is 82.8 cm³/mol. The number of hydrogen-bond donors (Lipinski definition) is 1. The van der Waals surface area contributed by atoms with E-state index in [1.165, 1.54) is 6.20 Å². The van der Waals surface area contributed by atoms with Crippen LogP contribution in [0.25, 0.3) is 11.0 Å². The molecule has 0 atom stereocenters. The smallest absolute Gasteiger partial charge is 0.332 e. The largest absolute Gasteiger partial charge is 0.368 e. The highest BCUT2D eigenvalue weighted by molar-refractivity contribution is 5.78. The van der Waals surface area contributed by atoms with Crippen molar-refractivity contribution in [3.05, 3.63) is 69.3 Å². The standard InChI is InChI=1S/C15H13N5O3/c16-12(21)9-19-11-5-3-7-18-13(11)14(22)20(15(19)23)8-10-4-1-2-6-17-10/h1-7H,8-9H2,(H2,16,21). The van der Waals surface area contributed by atoms with Gasteiger partial charge in [-0.25, -0.2) is 9.78 Å². The summed E-state index contributed by atoms with van der Waals surface area (Å²) in [5.74, 6) is -0.680. The monoisotopic (exact) mass is 311 g/mol. The topological polar surface area (TPSA) is 113 Å². The van der Waals surface area contributed by atoms with Gasteiger partial charge in [-0.05, 0) is 24.3 Å². The molecule has 0 bridgehead atoms. The SMILES string of the molecule is NC(=O)Cn1c(=O)n(Cc2ccccn2)c(=O)c2ncccc21. The molecule has 3 aromatic heterocycles. The van der Waals surface area contributed by atoms with E-state index in [1.807, 2.05) is 0 Å². The Hall–Kier alpha value is -3.29. The Morgan fingerprint density at radius 3 is 2.52 bits per heavy atom. The van der Waals surface area contributed by atoms with Crippen LogP contribution in [0.5, 0.6) is 0 Å². The van der Waals surface area contributed by atoms with Gasteiger partial charge in [0.1, 0.15) is 6.54 Å². The molecule has 0 spiro atoms. The molecule has 2 N–H and O–H groups in total. The first kappa shape index (κ1) is 14.6. The van der Waals surface area contributed by atoms with Gasteiger partial charge in [0.2, 0.25) is 5.91 Å². The predicted octanol–water partition coefficient (Wildman–Crippen LogP) is -0.513. The summed E-state index contributed by atoms with van der Waals surface area (Å²) in [7, 11) is 0. The van der Waals surface area contributed by atoms with Crippen LogP contribution in [0.2, 0.25) is 0 Å². The fraction of sp³-hybridized carbons (Fsp3) is 0.133. The molecule has 116 valence electrons. The number of carbonyl (C=O) groups excluding carboxylic acids is 1. The maximum atomic E-state index is 12.6. The summed E-state index contributed by atoms with van der Waals surface area (Å²) < 4.78 is 2.15. The Balaban J connectivity index is 2.27. The summed E-state index contributed by atoms with van der Waals surface area (Å²) >= 11 is 0. The Bertz CT molecular complexity index is 991. The van der Waals surface area contributed by atoms with Gasteiger partial charge in [0, 0.05) is 12.4 Å². The number of fused-ring (bicyclic) bond motifs is 1. The fourth-order valence-corrected chi connectivity index (χ4v) is 2.34. The van der Waals surface area contributed by atoms with Crippen molar-refractivity contribution in [2.24, 2.45) is 5.73 Å². The summed E-state index contributed by atoms with van der Waals surface area (Å²) in [4.78, 5) is 44.5. The molecule has 0 aliphatic heterocycles. The van der Waals surface area contributed by atoms with Crippen molar-refractivity contribution in [3.8, 4) is 0 Å². The molecule has 0 saturated carbocycles. The summed E-state index contributed by atoms with van der Waals surface area (Å²) in [5, 5.41) is 0. The fourth-order valence-electron chi connectivity index (χ4n) is 2.34. The van der Waals surface area contributed by atoms with Crippen LogP contribution in [0.15, 0.2) is 52.3 Å². The van der Waals surface area contributed by atoms with E-state index in [9.17, 15) is 14.4 Å². The van der Waals surface area contributed by atoms with Crippen LogP contribution < -0.4 is 17.0 Å². The summed E-state index contributed by atoms with van der Waals surface area (Å²) in [5.41, 5.74) is 4.98.